The molecule has 1 fully saturated rings. The molecule has 0 atom stereocenters. The van der Waals surface area contributed by atoms with Gasteiger partial charge in [-0.2, -0.15) is 0 Å². The summed E-state index contributed by atoms with van der Waals surface area (Å²) in [6.07, 6.45) is 2.05. The molecule has 1 saturated heterocycles. The lowest BCUT2D eigenvalue weighted by atomic mass is 9.83. The molecule has 0 bridgehead atoms. The minimum atomic E-state index is -0.573. The summed E-state index contributed by atoms with van der Waals surface area (Å²) in [5.74, 6) is 0.961. The first kappa shape index (κ1) is 19.8. The van der Waals surface area contributed by atoms with Crippen molar-refractivity contribution in [3.8, 4) is 17.2 Å². The van der Waals surface area contributed by atoms with Gasteiger partial charge in [-0.1, -0.05) is 0 Å². The second kappa shape index (κ2) is 8.27. The van der Waals surface area contributed by atoms with E-state index >= 15 is 0 Å². The molecule has 0 spiro atoms. The summed E-state index contributed by atoms with van der Waals surface area (Å²) in [5.41, 5.74) is -0.344. The Hall–Kier alpha value is -1.47. The normalized spacial score (nSPS) is 15.6. The molecule has 1 heterocycles. The number of ether oxygens (including phenoxy) is 4. The number of halogens is 1. The molecule has 0 amide bonds. The third-order valence-corrected chi connectivity index (χ3v) is 5.35. The monoisotopic (exact) mass is 416 g/mol. The van der Waals surface area contributed by atoms with E-state index in [9.17, 15) is 4.79 Å². The maximum absolute atomic E-state index is 13.0. The summed E-state index contributed by atoms with van der Waals surface area (Å²) in [7, 11) is 4.52. The number of hydrogen-bond acceptors (Lipinski definition) is 5. The zero-order valence-corrected chi connectivity index (χ0v) is 17.1. The highest BCUT2D eigenvalue weighted by molar-refractivity contribution is 9.10. The van der Waals surface area contributed by atoms with E-state index in [1.165, 1.54) is 21.3 Å². The highest BCUT2D eigenvalue weighted by Crippen LogP contribution is 2.44. The molecule has 6 nitrogen and oxygen atoms in total. The van der Waals surface area contributed by atoms with E-state index in [2.05, 4.69) is 21.2 Å². The van der Waals surface area contributed by atoms with E-state index in [0.29, 0.717) is 27.6 Å². The number of quaternary nitrogens is 1. The highest BCUT2D eigenvalue weighted by Gasteiger charge is 2.37. The molecule has 140 valence electrons. The van der Waals surface area contributed by atoms with Crippen molar-refractivity contribution in [3.63, 3.8) is 0 Å². The van der Waals surface area contributed by atoms with Crippen LogP contribution in [0.4, 0.5) is 0 Å². The van der Waals surface area contributed by atoms with Gasteiger partial charge in [-0.3, -0.25) is 0 Å². The van der Waals surface area contributed by atoms with Crippen molar-refractivity contribution >= 4 is 21.9 Å². The van der Waals surface area contributed by atoms with Crippen molar-refractivity contribution in [1.29, 1.82) is 0 Å². The summed E-state index contributed by atoms with van der Waals surface area (Å²) in [5, 5.41) is 2.29. The van der Waals surface area contributed by atoms with Crippen molar-refractivity contribution in [2.45, 2.75) is 32.3 Å². The van der Waals surface area contributed by atoms with Gasteiger partial charge in [0.25, 0.3) is 0 Å². The number of piperidine rings is 1. The van der Waals surface area contributed by atoms with E-state index in [0.717, 1.165) is 25.9 Å². The van der Waals surface area contributed by atoms with Gasteiger partial charge in [-0.15, -0.1) is 0 Å². The number of esters is 1. The first-order chi connectivity index (χ1) is 11.9. The van der Waals surface area contributed by atoms with Gasteiger partial charge in [-0.05, 0) is 29.8 Å². The molecule has 0 unspecified atom stereocenters. The Morgan fingerprint density at radius 1 is 1.12 bits per heavy atom. The quantitative estimate of drug-likeness (QED) is 0.720. The van der Waals surface area contributed by atoms with Crippen LogP contribution in [0, 0.1) is 5.92 Å². The Balaban J connectivity index is 2.38. The van der Waals surface area contributed by atoms with Crippen molar-refractivity contribution in [2.24, 2.45) is 5.92 Å². The zero-order chi connectivity index (χ0) is 18.6. The van der Waals surface area contributed by atoms with E-state index in [4.69, 9.17) is 18.9 Å². The van der Waals surface area contributed by atoms with Crippen molar-refractivity contribution < 1.29 is 29.1 Å². The Bertz CT molecular complexity index is 626. The van der Waals surface area contributed by atoms with E-state index in [1.807, 2.05) is 13.8 Å². The molecule has 0 aliphatic carbocycles. The molecule has 7 heteroatoms. The first-order valence-electron chi connectivity index (χ1n) is 8.39. The lowest BCUT2D eigenvalue weighted by Crippen LogP contribution is -2.86. The number of hydrogen-bond donors (Lipinski definition) is 1. The molecule has 0 saturated carbocycles. The minimum absolute atomic E-state index is 0.228. The number of carbonyl (C=O) groups is 1. The molecule has 1 aliphatic heterocycles. The highest BCUT2D eigenvalue weighted by atomic mass is 79.9. The van der Waals surface area contributed by atoms with E-state index in [1.54, 1.807) is 6.07 Å². The van der Waals surface area contributed by atoms with Crippen molar-refractivity contribution in [1.82, 2.24) is 0 Å². The molecule has 0 aromatic heterocycles. The molecule has 1 aromatic rings. The maximum atomic E-state index is 13.0. The SMILES string of the molecule is COc1cc(Br)c(OC)c(C(=O)OC(C)(C)C2CC[NH2+]CC2)c1OC. The summed E-state index contributed by atoms with van der Waals surface area (Å²) >= 11 is 3.41. The Kier molecular flexibility index (Phi) is 6.57. The lowest BCUT2D eigenvalue weighted by Gasteiger charge is -2.35. The van der Waals surface area contributed by atoms with Crippen LogP contribution in [-0.2, 0) is 4.74 Å². The predicted molar refractivity (Wildman–Crippen MR) is 97.7 cm³/mol. The van der Waals surface area contributed by atoms with Crippen molar-refractivity contribution in [2.75, 3.05) is 34.4 Å². The maximum Gasteiger partial charge on any atom is 0.346 e. The van der Waals surface area contributed by atoms with Gasteiger partial charge in [0.05, 0.1) is 38.9 Å². The largest absolute Gasteiger partial charge is 0.495 e. The standard InChI is InChI=1S/C18H26BrNO5/c1-18(2,11-6-8-20-9-7-11)25-17(21)14-15(23-4)12(19)10-13(22-3)16(14)24-5/h10-11,20H,6-9H2,1-5H3/p+1. The van der Waals surface area contributed by atoms with Crippen LogP contribution in [0.5, 0.6) is 17.2 Å². The number of rotatable bonds is 6. The molecule has 2 N–H and O–H groups in total. The van der Waals surface area contributed by atoms with Gasteiger partial charge in [0.2, 0.25) is 0 Å². The van der Waals surface area contributed by atoms with Crippen LogP contribution in [-0.4, -0.2) is 46.0 Å². The van der Waals surface area contributed by atoms with E-state index in [-0.39, 0.29) is 5.56 Å². The van der Waals surface area contributed by atoms with Gasteiger partial charge in [0.1, 0.15) is 11.2 Å². The number of methoxy groups -OCH3 is 3. The summed E-state index contributed by atoms with van der Waals surface area (Å²) in [6.45, 7) is 6.05. The number of nitrogens with two attached hydrogens (primary N) is 1. The Labute approximate surface area is 157 Å². The summed E-state index contributed by atoms with van der Waals surface area (Å²) in [6, 6.07) is 1.70. The molecule has 1 aliphatic rings. The molecular formula is C18H27BrNO5+. The number of benzene rings is 1. The average Bonchev–Trinajstić information content (AvgIpc) is 2.60. The van der Waals surface area contributed by atoms with Crippen LogP contribution in [0.2, 0.25) is 0 Å². The molecule has 25 heavy (non-hydrogen) atoms. The van der Waals surface area contributed by atoms with Gasteiger partial charge in [-0.25, -0.2) is 4.79 Å². The third-order valence-electron chi connectivity index (χ3n) is 4.76. The smallest absolute Gasteiger partial charge is 0.346 e. The van der Waals surface area contributed by atoms with Gasteiger partial charge in [0.15, 0.2) is 17.2 Å². The second-order valence-corrected chi connectivity index (χ2v) is 7.49. The van der Waals surface area contributed by atoms with Crippen LogP contribution in [0.25, 0.3) is 0 Å². The molecule has 2 rings (SSSR count). The Morgan fingerprint density at radius 2 is 1.72 bits per heavy atom. The minimum Gasteiger partial charge on any atom is -0.495 e. The Morgan fingerprint density at radius 3 is 2.24 bits per heavy atom. The number of carbonyl (C=O) groups excluding carboxylic acids is 1. The van der Waals surface area contributed by atoms with Crippen LogP contribution in [0.15, 0.2) is 10.5 Å². The fourth-order valence-electron chi connectivity index (χ4n) is 3.33. The fourth-order valence-corrected chi connectivity index (χ4v) is 3.89. The predicted octanol–water partition coefficient (Wildman–Crippen LogP) is 2.38. The van der Waals surface area contributed by atoms with Gasteiger partial charge < -0.3 is 24.3 Å². The van der Waals surface area contributed by atoms with Crippen molar-refractivity contribution in [3.05, 3.63) is 16.1 Å². The zero-order valence-electron chi connectivity index (χ0n) is 15.5. The van der Waals surface area contributed by atoms with Gasteiger partial charge in [0, 0.05) is 24.8 Å². The fraction of sp³-hybridized carbons (Fsp3) is 0.611. The van der Waals surface area contributed by atoms with Crippen LogP contribution >= 0.6 is 15.9 Å². The summed E-state index contributed by atoms with van der Waals surface area (Å²) in [4.78, 5) is 13.0. The third kappa shape index (κ3) is 4.20. The van der Waals surface area contributed by atoms with Crippen LogP contribution in [0.3, 0.4) is 0 Å². The average molecular weight is 417 g/mol. The molecule has 0 radical (unpaired) electrons. The van der Waals surface area contributed by atoms with Crippen LogP contribution in [0.1, 0.15) is 37.0 Å². The van der Waals surface area contributed by atoms with E-state index < -0.39 is 11.6 Å². The second-order valence-electron chi connectivity index (χ2n) is 6.64. The molecular weight excluding hydrogens is 390 g/mol. The van der Waals surface area contributed by atoms with Gasteiger partial charge >= 0.3 is 5.97 Å². The molecule has 1 aromatic carbocycles. The topological polar surface area (TPSA) is 70.6 Å². The summed E-state index contributed by atoms with van der Waals surface area (Å²) < 4.78 is 22.7. The van der Waals surface area contributed by atoms with Crippen LogP contribution < -0.4 is 19.5 Å². The first-order valence-corrected chi connectivity index (χ1v) is 9.18. The lowest BCUT2D eigenvalue weighted by molar-refractivity contribution is -0.665.